The highest BCUT2D eigenvalue weighted by molar-refractivity contribution is 7.89. The van der Waals surface area contributed by atoms with Crippen LogP contribution >= 0.6 is 11.6 Å². The van der Waals surface area contributed by atoms with E-state index < -0.39 is 16.1 Å². The fraction of sp³-hybridized carbons (Fsp3) is 0.591. The van der Waals surface area contributed by atoms with Crippen molar-refractivity contribution in [3.05, 3.63) is 41.2 Å². The molecule has 188 valence electrons. The topological polar surface area (TPSA) is 118 Å². The van der Waals surface area contributed by atoms with Gasteiger partial charge in [0.05, 0.1) is 36.5 Å². The summed E-state index contributed by atoms with van der Waals surface area (Å²) < 4.78 is 35.3. The highest BCUT2D eigenvalue weighted by Crippen LogP contribution is 2.21. The maximum Gasteiger partial charge on any atom is 0.242 e. The van der Waals surface area contributed by atoms with Gasteiger partial charge in [0, 0.05) is 44.0 Å². The number of amides is 1. The van der Waals surface area contributed by atoms with Crippen LogP contribution in [0, 0.1) is 5.92 Å². The first-order valence-corrected chi connectivity index (χ1v) is 13.1. The molecule has 1 aliphatic heterocycles. The van der Waals surface area contributed by atoms with Gasteiger partial charge in [-0.05, 0) is 37.6 Å². The Morgan fingerprint density at radius 1 is 1.32 bits per heavy atom. The van der Waals surface area contributed by atoms with Crippen molar-refractivity contribution >= 4 is 27.5 Å². The van der Waals surface area contributed by atoms with Crippen molar-refractivity contribution in [1.29, 1.82) is 0 Å². The molecule has 0 unspecified atom stereocenters. The summed E-state index contributed by atoms with van der Waals surface area (Å²) in [7, 11) is -2.28. The number of fused-ring (bicyclic) bond motifs is 2. The van der Waals surface area contributed by atoms with E-state index in [9.17, 15) is 18.3 Å². The number of nitrogens with zero attached hydrogens (tertiary/aromatic N) is 5. The quantitative estimate of drug-likeness (QED) is 0.625. The summed E-state index contributed by atoms with van der Waals surface area (Å²) in [6, 6.07) is 5.62. The first-order valence-electron chi connectivity index (χ1n) is 11.2. The van der Waals surface area contributed by atoms with E-state index in [1.807, 2.05) is 6.92 Å². The molecule has 1 amide bonds. The Hall–Kier alpha value is -2.05. The van der Waals surface area contributed by atoms with Crippen LogP contribution in [0.2, 0.25) is 5.02 Å². The smallest absolute Gasteiger partial charge is 0.242 e. The molecule has 3 rings (SSSR count). The molecule has 0 fully saturated rings. The molecule has 1 aliphatic rings. The molecule has 0 saturated carbocycles. The molecular formula is C22H32ClN5O5S. The fourth-order valence-corrected chi connectivity index (χ4v) is 5.14. The summed E-state index contributed by atoms with van der Waals surface area (Å²) in [4.78, 5) is 14.7. The number of carbonyl (C=O) groups is 1. The van der Waals surface area contributed by atoms with Gasteiger partial charge in [0.1, 0.15) is 5.69 Å². The first kappa shape index (κ1) is 26.6. The minimum absolute atomic E-state index is 0.0653. The lowest BCUT2D eigenvalue weighted by Gasteiger charge is -2.35. The molecule has 0 saturated heterocycles. The highest BCUT2D eigenvalue weighted by atomic mass is 35.5. The predicted octanol–water partition coefficient (Wildman–Crippen LogP) is 1.78. The number of likely N-dealkylation sites (N-methyl/N-ethyl adjacent to an activating group) is 1. The van der Waals surface area contributed by atoms with Crippen LogP contribution in [0.15, 0.2) is 35.4 Å². The van der Waals surface area contributed by atoms with Crippen LogP contribution in [0.4, 0.5) is 0 Å². The minimum Gasteiger partial charge on any atom is -0.394 e. The number of benzene rings is 1. The molecule has 10 nitrogen and oxygen atoms in total. The van der Waals surface area contributed by atoms with Crippen molar-refractivity contribution in [2.45, 2.75) is 56.9 Å². The lowest BCUT2D eigenvalue weighted by Crippen LogP contribution is -2.47. The maximum absolute atomic E-state index is 13.1. The van der Waals surface area contributed by atoms with Crippen LogP contribution in [0.5, 0.6) is 0 Å². The Balaban J connectivity index is 1.85. The lowest BCUT2D eigenvalue weighted by atomic mass is 10.0. The minimum atomic E-state index is -3.78. The Morgan fingerprint density at radius 2 is 2.03 bits per heavy atom. The molecule has 2 aromatic rings. The molecule has 2 bridgehead atoms. The average molecular weight is 514 g/mol. The van der Waals surface area contributed by atoms with Gasteiger partial charge in [-0.1, -0.05) is 23.7 Å². The fourth-order valence-electron chi connectivity index (χ4n) is 3.83. The molecule has 1 aromatic heterocycles. The Bertz CT molecular complexity index is 1060. The number of hydrogen-bond donors (Lipinski definition) is 1. The summed E-state index contributed by atoms with van der Waals surface area (Å²) in [5.74, 6) is -0.300. The van der Waals surface area contributed by atoms with Crippen LogP contribution in [0.1, 0.15) is 32.4 Å². The molecule has 1 aromatic carbocycles. The van der Waals surface area contributed by atoms with E-state index in [4.69, 9.17) is 16.3 Å². The average Bonchev–Trinajstić information content (AvgIpc) is 3.26. The first-order chi connectivity index (χ1) is 16.1. The van der Waals surface area contributed by atoms with Gasteiger partial charge in [0.2, 0.25) is 15.9 Å². The largest absolute Gasteiger partial charge is 0.394 e. The van der Waals surface area contributed by atoms with Gasteiger partial charge in [-0.2, -0.15) is 4.31 Å². The molecule has 2 heterocycles. The monoisotopic (exact) mass is 513 g/mol. The summed E-state index contributed by atoms with van der Waals surface area (Å²) in [5, 5.41) is 18.4. The van der Waals surface area contributed by atoms with Gasteiger partial charge in [-0.25, -0.2) is 8.42 Å². The van der Waals surface area contributed by atoms with E-state index >= 15 is 0 Å². The molecule has 12 heteroatoms. The standard InChI is InChI=1S/C22H32ClN5O5S/c1-16-11-28(17(2)14-29)22(30)5-4-10-27-12-19(24-25-27)15-33-21(16)13-26(3)34(31,32)20-8-6-18(23)7-9-20/h6-9,12,16-17,21,29H,4-5,10-11,13-15H2,1-3H3/t16-,17-,21+/m1/s1. The number of aromatic nitrogens is 3. The van der Waals surface area contributed by atoms with Gasteiger partial charge < -0.3 is 14.7 Å². The molecule has 1 N–H and O–H groups in total. The zero-order valence-electron chi connectivity index (χ0n) is 19.7. The van der Waals surface area contributed by atoms with E-state index in [0.717, 1.165) is 0 Å². The third kappa shape index (κ3) is 6.54. The maximum atomic E-state index is 13.1. The van der Waals surface area contributed by atoms with E-state index in [2.05, 4.69) is 10.3 Å². The second kappa shape index (κ2) is 11.6. The third-order valence-corrected chi connectivity index (χ3v) is 8.09. The van der Waals surface area contributed by atoms with Crippen LogP contribution in [0.3, 0.4) is 0 Å². The van der Waals surface area contributed by atoms with Crippen molar-refractivity contribution in [3.8, 4) is 0 Å². The molecule has 0 spiro atoms. The number of halogens is 1. The van der Waals surface area contributed by atoms with E-state index in [1.54, 1.807) is 22.7 Å². The van der Waals surface area contributed by atoms with Crippen LogP contribution in [-0.2, 0) is 32.7 Å². The number of carbonyl (C=O) groups excluding carboxylic acids is 1. The number of aliphatic hydroxyl groups excluding tert-OH is 1. The number of sulfonamides is 1. The van der Waals surface area contributed by atoms with Crippen LogP contribution in [0.25, 0.3) is 0 Å². The summed E-state index contributed by atoms with van der Waals surface area (Å²) in [5.41, 5.74) is 0.631. The van der Waals surface area contributed by atoms with Crippen molar-refractivity contribution in [2.24, 2.45) is 5.92 Å². The predicted molar refractivity (Wildman–Crippen MR) is 127 cm³/mol. The third-order valence-electron chi connectivity index (χ3n) is 6.00. The molecule has 0 radical (unpaired) electrons. The lowest BCUT2D eigenvalue weighted by molar-refractivity contribution is -0.136. The van der Waals surface area contributed by atoms with Gasteiger partial charge in [-0.15, -0.1) is 5.10 Å². The molecule has 3 atom stereocenters. The van der Waals surface area contributed by atoms with Gasteiger partial charge >= 0.3 is 0 Å². The van der Waals surface area contributed by atoms with E-state index in [0.29, 0.717) is 36.6 Å². The Kier molecular flexibility index (Phi) is 9.05. The van der Waals surface area contributed by atoms with Crippen molar-refractivity contribution in [2.75, 3.05) is 26.7 Å². The molecule has 34 heavy (non-hydrogen) atoms. The zero-order valence-corrected chi connectivity index (χ0v) is 21.2. The molecular weight excluding hydrogens is 482 g/mol. The second-order valence-electron chi connectivity index (χ2n) is 8.72. The zero-order chi connectivity index (χ0) is 24.9. The van der Waals surface area contributed by atoms with Gasteiger partial charge in [0.15, 0.2) is 0 Å². The molecule has 0 aliphatic carbocycles. The summed E-state index contributed by atoms with van der Waals surface area (Å²) in [6.45, 7) is 4.63. The normalized spacial score (nSPS) is 21.6. The Morgan fingerprint density at radius 3 is 2.71 bits per heavy atom. The van der Waals surface area contributed by atoms with E-state index in [1.165, 1.54) is 35.6 Å². The Labute approximate surface area is 205 Å². The van der Waals surface area contributed by atoms with Crippen molar-refractivity contribution < 1.29 is 23.1 Å². The van der Waals surface area contributed by atoms with Crippen LogP contribution in [-0.4, -0.2) is 82.5 Å². The van der Waals surface area contributed by atoms with Gasteiger partial charge in [-0.3, -0.25) is 9.48 Å². The SMILES string of the molecule is C[C@@H]1CN([C@H](C)CO)C(=O)CCCn2cc(nn2)CO[C@H]1CN(C)S(=O)(=O)c1ccc(Cl)cc1. The highest BCUT2D eigenvalue weighted by Gasteiger charge is 2.31. The summed E-state index contributed by atoms with van der Waals surface area (Å²) in [6.07, 6.45) is 2.13. The van der Waals surface area contributed by atoms with Crippen molar-refractivity contribution in [1.82, 2.24) is 24.2 Å². The number of aliphatic hydroxyl groups is 1. The van der Waals surface area contributed by atoms with Gasteiger partial charge in [0.25, 0.3) is 0 Å². The van der Waals surface area contributed by atoms with Crippen LogP contribution < -0.4 is 0 Å². The number of ether oxygens (including phenoxy) is 1. The number of rotatable bonds is 6. The second-order valence-corrected chi connectivity index (χ2v) is 11.2. The number of aryl methyl sites for hydroxylation is 1. The summed E-state index contributed by atoms with van der Waals surface area (Å²) >= 11 is 5.91. The number of hydrogen-bond acceptors (Lipinski definition) is 7. The van der Waals surface area contributed by atoms with E-state index in [-0.39, 0.29) is 42.5 Å². The van der Waals surface area contributed by atoms with Crippen molar-refractivity contribution in [3.63, 3.8) is 0 Å².